The Labute approximate surface area is 141 Å². The van der Waals surface area contributed by atoms with Crippen LogP contribution in [0.4, 0.5) is 4.39 Å². The number of aldehydes is 2. The second-order valence-corrected chi connectivity index (χ2v) is 4.64. The van der Waals surface area contributed by atoms with Crippen molar-refractivity contribution in [2.24, 2.45) is 0 Å². The van der Waals surface area contributed by atoms with Crippen LogP contribution in [0.2, 0.25) is 0 Å². The fraction of sp³-hybridized carbons (Fsp3) is 0.412. The fourth-order valence-electron chi connectivity index (χ4n) is 2.04. The Balaban J connectivity index is 0.00000254. The van der Waals surface area contributed by atoms with Gasteiger partial charge in [-0.25, -0.2) is 4.39 Å². The third-order valence-electron chi connectivity index (χ3n) is 3.27. The SMILES string of the molecule is CC.CNC(=O)C(CCC=O)N(C)C(=O)c1cc(F)ccc1C=O. The van der Waals surface area contributed by atoms with E-state index in [-0.39, 0.29) is 24.0 Å². The number of carbonyl (C=O) groups excluding carboxylic acids is 4. The van der Waals surface area contributed by atoms with E-state index in [1.165, 1.54) is 20.2 Å². The summed E-state index contributed by atoms with van der Waals surface area (Å²) in [5.74, 6) is -1.77. The van der Waals surface area contributed by atoms with Gasteiger partial charge in [0.15, 0.2) is 6.29 Å². The van der Waals surface area contributed by atoms with Crippen molar-refractivity contribution in [2.75, 3.05) is 14.1 Å². The highest BCUT2D eigenvalue weighted by Crippen LogP contribution is 2.15. The first kappa shape index (κ1) is 21.4. The van der Waals surface area contributed by atoms with Crippen molar-refractivity contribution in [3.63, 3.8) is 0 Å². The van der Waals surface area contributed by atoms with E-state index in [0.717, 1.165) is 17.0 Å². The van der Waals surface area contributed by atoms with Crippen LogP contribution in [0.5, 0.6) is 0 Å². The molecule has 1 unspecified atom stereocenters. The molecule has 1 aromatic rings. The molecule has 0 radical (unpaired) electrons. The van der Waals surface area contributed by atoms with Gasteiger partial charge in [0.2, 0.25) is 5.91 Å². The van der Waals surface area contributed by atoms with Gasteiger partial charge in [-0.05, 0) is 24.6 Å². The van der Waals surface area contributed by atoms with Crippen LogP contribution in [0.25, 0.3) is 0 Å². The van der Waals surface area contributed by atoms with Gasteiger partial charge >= 0.3 is 0 Å². The maximum absolute atomic E-state index is 13.3. The van der Waals surface area contributed by atoms with Crippen molar-refractivity contribution in [3.05, 3.63) is 35.1 Å². The third kappa shape index (κ3) is 5.57. The first-order valence-corrected chi connectivity index (χ1v) is 7.63. The standard InChI is InChI=1S/C15H17FN2O4.C2H6/c1-17-14(21)13(4-3-7-19)18(2)15(22)12-8-11(16)6-5-10(12)9-20;1-2/h5-9,13H,3-4H2,1-2H3,(H,17,21);1-2H3. The minimum atomic E-state index is -0.884. The Morgan fingerprint density at radius 2 is 1.92 bits per heavy atom. The number of hydrogen-bond acceptors (Lipinski definition) is 4. The molecule has 24 heavy (non-hydrogen) atoms. The summed E-state index contributed by atoms with van der Waals surface area (Å²) >= 11 is 0. The smallest absolute Gasteiger partial charge is 0.255 e. The number of carbonyl (C=O) groups is 4. The molecular formula is C17H23FN2O4. The molecule has 6 nitrogen and oxygen atoms in total. The number of rotatable bonds is 7. The van der Waals surface area contributed by atoms with Crippen molar-refractivity contribution < 1.29 is 23.6 Å². The second kappa shape index (κ2) is 11.0. The van der Waals surface area contributed by atoms with Gasteiger partial charge in [0.05, 0.1) is 5.56 Å². The summed E-state index contributed by atoms with van der Waals surface area (Å²) in [6.07, 6.45) is 1.32. The van der Waals surface area contributed by atoms with Crippen LogP contribution in [0.15, 0.2) is 18.2 Å². The number of benzene rings is 1. The second-order valence-electron chi connectivity index (χ2n) is 4.64. The molecule has 0 saturated heterocycles. The van der Waals surface area contributed by atoms with E-state index in [4.69, 9.17) is 0 Å². The van der Waals surface area contributed by atoms with Crippen LogP contribution in [0.3, 0.4) is 0 Å². The highest BCUT2D eigenvalue weighted by molar-refractivity contribution is 6.03. The molecule has 1 rings (SSSR count). The van der Waals surface area contributed by atoms with Crippen LogP contribution < -0.4 is 5.32 Å². The molecule has 0 aromatic heterocycles. The molecule has 0 spiro atoms. The summed E-state index contributed by atoms with van der Waals surface area (Å²) in [7, 11) is 2.78. The normalized spacial score (nSPS) is 10.7. The van der Waals surface area contributed by atoms with Gasteiger partial charge < -0.3 is 15.0 Å². The van der Waals surface area contributed by atoms with E-state index in [0.29, 0.717) is 12.6 Å². The summed E-state index contributed by atoms with van der Waals surface area (Å²) in [4.78, 5) is 46.9. The number of likely N-dealkylation sites (N-methyl/N-ethyl adjacent to an activating group) is 2. The lowest BCUT2D eigenvalue weighted by atomic mass is 10.0. The van der Waals surface area contributed by atoms with Crippen molar-refractivity contribution >= 4 is 24.4 Å². The summed E-state index contributed by atoms with van der Waals surface area (Å²) in [6, 6.07) is 2.33. The molecule has 7 heteroatoms. The third-order valence-corrected chi connectivity index (χ3v) is 3.27. The largest absolute Gasteiger partial charge is 0.357 e. The zero-order valence-electron chi connectivity index (χ0n) is 14.3. The van der Waals surface area contributed by atoms with Gasteiger partial charge in [-0.3, -0.25) is 14.4 Å². The molecule has 0 aliphatic rings. The molecule has 0 aliphatic carbocycles. The Hall–Kier alpha value is -2.57. The van der Waals surface area contributed by atoms with E-state index in [2.05, 4.69) is 5.32 Å². The Morgan fingerprint density at radius 1 is 1.29 bits per heavy atom. The highest BCUT2D eigenvalue weighted by atomic mass is 19.1. The quantitative estimate of drug-likeness (QED) is 0.769. The van der Waals surface area contributed by atoms with Gasteiger partial charge in [0.1, 0.15) is 18.1 Å². The zero-order valence-corrected chi connectivity index (χ0v) is 14.3. The van der Waals surface area contributed by atoms with Gasteiger partial charge in [-0.1, -0.05) is 13.8 Å². The van der Waals surface area contributed by atoms with Crippen LogP contribution in [-0.4, -0.2) is 49.4 Å². The van der Waals surface area contributed by atoms with E-state index in [1.54, 1.807) is 0 Å². The van der Waals surface area contributed by atoms with Gasteiger partial charge in [-0.15, -0.1) is 0 Å². The molecular weight excluding hydrogens is 315 g/mol. The van der Waals surface area contributed by atoms with E-state index in [1.807, 2.05) is 13.8 Å². The van der Waals surface area contributed by atoms with Crippen molar-refractivity contribution in [1.82, 2.24) is 10.2 Å². The number of halogens is 1. The summed E-state index contributed by atoms with van der Waals surface area (Å²) in [5, 5.41) is 2.41. The maximum atomic E-state index is 13.3. The maximum Gasteiger partial charge on any atom is 0.255 e. The fourth-order valence-corrected chi connectivity index (χ4v) is 2.04. The molecule has 2 amide bonds. The zero-order chi connectivity index (χ0) is 18.7. The van der Waals surface area contributed by atoms with Gasteiger partial charge in [-0.2, -0.15) is 0 Å². The highest BCUT2D eigenvalue weighted by Gasteiger charge is 2.27. The molecule has 0 aliphatic heterocycles. The first-order valence-electron chi connectivity index (χ1n) is 7.63. The summed E-state index contributed by atoms with van der Waals surface area (Å²) < 4.78 is 13.3. The Bertz CT molecular complexity index is 590. The van der Waals surface area contributed by atoms with E-state index in [9.17, 15) is 23.6 Å². The van der Waals surface area contributed by atoms with E-state index >= 15 is 0 Å². The molecule has 132 valence electrons. The number of nitrogens with one attached hydrogen (secondary N) is 1. The van der Waals surface area contributed by atoms with Crippen molar-refractivity contribution in [3.8, 4) is 0 Å². The first-order chi connectivity index (χ1) is 11.5. The van der Waals surface area contributed by atoms with Crippen molar-refractivity contribution in [1.29, 1.82) is 0 Å². The summed E-state index contributed by atoms with van der Waals surface area (Å²) in [6.45, 7) is 4.00. The van der Waals surface area contributed by atoms with Crippen LogP contribution in [0, 0.1) is 5.82 Å². The number of amides is 2. The lowest BCUT2D eigenvalue weighted by Gasteiger charge is -2.26. The molecule has 0 heterocycles. The Kier molecular flexibility index (Phi) is 9.86. The monoisotopic (exact) mass is 338 g/mol. The Morgan fingerprint density at radius 3 is 2.42 bits per heavy atom. The topological polar surface area (TPSA) is 83.6 Å². The van der Waals surface area contributed by atoms with Crippen LogP contribution in [-0.2, 0) is 9.59 Å². The van der Waals surface area contributed by atoms with Crippen molar-refractivity contribution in [2.45, 2.75) is 32.7 Å². The minimum absolute atomic E-state index is 0.0318. The average Bonchev–Trinajstić information content (AvgIpc) is 2.62. The molecule has 1 N–H and O–H groups in total. The molecule has 0 fully saturated rings. The average molecular weight is 338 g/mol. The summed E-state index contributed by atoms with van der Waals surface area (Å²) in [5.41, 5.74) is -0.0956. The lowest BCUT2D eigenvalue weighted by molar-refractivity contribution is -0.125. The number of nitrogens with zero attached hydrogens (tertiary/aromatic N) is 1. The molecule has 0 saturated carbocycles. The molecule has 1 atom stereocenters. The van der Waals surface area contributed by atoms with E-state index < -0.39 is 23.7 Å². The predicted molar refractivity (Wildman–Crippen MR) is 88.4 cm³/mol. The predicted octanol–water partition coefficient (Wildman–Crippen LogP) is 1.83. The minimum Gasteiger partial charge on any atom is -0.357 e. The van der Waals surface area contributed by atoms with Crippen LogP contribution in [0.1, 0.15) is 47.4 Å². The van der Waals surface area contributed by atoms with Gasteiger partial charge in [0.25, 0.3) is 5.91 Å². The molecule has 0 bridgehead atoms. The van der Waals surface area contributed by atoms with Crippen LogP contribution >= 0.6 is 0 Å². The molecule has 1 aromatic carbocycles. The lowest BCUT2D eigenvalue weighted by Crippen LogP contribution is -2.47. The number of hydrogen-bond donors (Lipinski definition) is 1. The van der Waals surface area contributed by atoms with Gasteiger partial charge in [0, 0.05) is 26.1 Å².